The van der Waals surface area contributed by atoms with Crippen molar-refractivity contribution in [2.45, 2.75) is 344 Å². The van der Waals surface area contributed by atoms with Crippen LogP contribution in [0.25, 0.3) is 0 Å². The van der Waals surface area contributed by atoms with Crippen LogP contribution in [0.15, 0.2) is 97.2 Å². The summed E-state index contributed by atoms with van der Waals surface area (Å²) in [5.74, 6) is -0.213. The minimum Gasteiger partial charge on any atom is -0.394 e. The Morgan fingerprint density at radius 1 is 0.420 bits per heavy atom. The molecule has 2 rings (SSSR count). The summed E-state index contributed by atoms with van der Waals surface area (Å²) < 4.78 is 22.9. The summed E-state index contributed by atoms with van der Waals surface area (Å²) in [5.41, 5.74) is 0. The second-order valence-electron chi connectivity index (χ2n) is 24.6. The van der Waals surface area contributed by atoms with E-state index in [0.29, 0.717) is 19.3 Å². The Bertz CT molecular complexity index is 1850. The molecule has 2 aliphatic heterocycles. The molecule has 14 heteroatoms. The molecule has 1 amide bonds. The highest BCUT2D eigenvalue weighted by Crippen LogP contribution is 2.30. The normalized spacial score (nSPS) is 23.8. The van der Waals surface area contributed by atoms with E-state index in [4.69, 9.17) is 18.9 Å². The zero-order chi connectivity index (χ0) is 63.8. The summed E-state index contributed by atoms with van der Waals surface area (Å²) in [5, 5.41) is 87.6. The zero-order valence-electron chi connectivity index (χ0n) is 55.2. The summed E-state index contributed by atoms with van der Waals surface area (Å²) in [4.78, 5) is 13.4. The van der Waals surface area contributed by atoms with Gasteiger partial charge in [0, 0.05) is 6.42 Å². The number of hydrogen-bond donors (Lipinski definition) is 9. The molecule has 0 aliphatic carbocycles. The van der Waals surface area contributed by atoms with Crippen molar-refractivity contribution in [1.82, 2.24) is 5.32 Å². The number of rotatable bonds is 57. The van der Waals surface area contributed by atoms with Gasteiger partial charge in [-0.25, -0.2) is 0 Å². The first-order valence-corrected chi connectivity index (χ1v) is 35.5. The minimum absolute atomic E-state index is 0.213. The fourth-order valence-corrected chi connectivity index (χ4v) is 11.2. The van der Waals surface area contributed by atoms with Crippen LogP contribution in [0.5, 0.6) is 0 Å². The third kappa shape index (κ3) is 41.4. The lowest BCUT2D eigenvalue weighted by Gasteiger charge is -2.46. The number of nitrogens with one attached hydrogen (secondary N) is 1. The van der Waals surface area contributed by atoms with Gasteiger partial charge in [0.25, 0.3) is 0 Å². The largest absolute Gasteiger partial charge is 0.394 e. The first-order valence-electron chi connectivity index (χ1n) is 35.5. The molecule has 0 radical (unpaired) electrons. The van der Waals surface area contributed by atoms with Gasteiger partial charge in [-0.1, -0.05) is 284 Å². The van der Waals surface area contributed by atoms with Gasteiger partial charge in [0.15, 0.2) is 12.6 Å². The molecule has 9 N–H and O–H groups in total. The molecule has 0 bridgehead atoms. The van der Waals surface area contributed by atoms with Crippen LogP contribution in [-0.2, 0) is 23.7 Å². The molecule has 12 unspecified atom stereocenters. The van der Waals surface area contributed by atoms with E-state index in [9.17, 15) is 45.6 Å². The fraction of sp³-hybridized carbons (Fsp3) is 0.770. The lowest BCUT2D eigenvalue weighted by molar-refractivity contribution is -0.359. The lowest BCUT2D eigenvalue weighted by atomic mass is 9.97. The number of amides is 1. The lowest BCUT2D eigenvalue weighted by Crippen LogP contribution is -2.65. The van der Waals surface area contributed by atoms with Crippen molar-refractivity contribution < 1.29 is 64.6 Å². The molecular formula is C74H129NO13. The molecule has 0 saturated carbocycles. The van der Waals surface area contributed by atoms with Crippen LogP contribution in [0.2, 0.25) is 0 Å². The van der Waals surface area contributed by atoms with Crippen LogP contribution in [0.3, 0.4) is 0 Å². The molecule has 2 fully saturated rings. The van der Waals surface area contributed by atoms with E-state index in [1.165, 1.54) is 135 Å². The Balaban J connectivity index is 1.65. The van der Waals surface area contributed by atoms with E-state index in [2.05, 4.69) is 116 Å². The number of carbonyl (C=O) groups is 1. The van der Waals surface area contributed by atoms with Gasteiger partial charge in [-0.05, 0) is 77.0 Å². The molecule has 0 aromatic carbocycles. The summed E-state index contributed by atoms with van der Waals surface area (Å²) in [6.07, 6.45) is 64.1. The zero-order valence-corrected chi connectivity index (χ0v) is 55.2. The van der Waals surface area contributed by atoms with Gasteiger partial charge in [0.1, 0.15) is 48.8 Å². The van der Waals surface area contributed by atoms with E-state index >= 15 is 0 Å². The van der Waals surface area contributed by atoms with Crippen LogP contribution in [0, 0.1) is 0 Å². The van der Waals surface area contributed by atoms with E-state index < -0.39 is 86.8 Å². The predicted molar refractivity (Wildman–Crippen MR) is 359 cm³/mol. The average molecular weight is 1240 g/mol. The predicted octanol–water partition coefficient (Wildman–Crippen LogP) is 14.6. The van der Waals surface area contributed by atoms with Crippen molar-refractivity contribution in [2.24, 2.45) is 0 Å². The molecule has 0 spiro atoms. The highest BCUT2D eigenvalue weighted by atomic mass is 16.7. The van der Waals surface area contributed by atoms with Gasteiger partial charge in [-0.3, -0.25) is 4.79 Å². The Kier molecular flexibility index (Phi) is 53.2. The summed E-state index contributed by atoms with van der Waals surface area (Å²) >= 11 is 0. The van der Waals surface area contributed by atoms with Crippen molar-refractivity contribution in [3.05, 3.63) is 97.2 Å². The standard InChI is InChI=1S/C74H129NO13/c1-3-5-7-9-11-13-15-17-19-21-23-24-25-26-27-28-29-30-31-32-33-34-35-36-37-38-40-42-44-46-48-50-52-54-56-58-66(79)75-62(63(78)57-55-53-51-49-47-45-43-41-39-22-20-18-16-14-12-10-8-6-4-2)61-85-73-71(84)69(82)72(65(60-77)87-73)88-74-70(83)68(81)67(80)64(59-76)86-74/h5,7,11,13,17,19,23-24,26-27,29-30,32-33,35-36,62-65,67-74,76-78,80-84H,3-4,6,8-10,12,14-16,18,20-22,25,28,31,34,37-61H2,1-2H3,(H,75,79)/b7-5-,13-11-,19-17-,24-23-,27-26-,30-29-,33-32-,36-35-. The molecular weight excluding hydrogens is 1110 g/mol. The highest BCUT2D eigenvalue weighted by Gasteiger charge is 2.51. The number of aliphatic hydroxyl groups excluding tert-OH is 8. The third-order valence-corrected chi connectivity index (χ3v) is 16.8. The average Bonchev–Trinajstić information content (AvgIpc) is 1.84. The van der Waals surface area contributed by atoms with Crippen molar-refractivity contribution in [3.63, 3.8) is 0 Å². The third-order valence-electron chi connectivity index (χ3n) is 16.8. The SMILES string of the molecule is CC/C=C\C/C=C\C/C=C\C/C=C\C/C=C\C/C=C\C/C=C\C/C=C\CCCCCCCCCCCCC(=O)NC(COC1OC(CO)C(OC2OC(CO)C(O)C(O)C2O)C(O)C1O)C(O)CCCCCCCCCCCCCCCCCCCCC. The summed E-state index contributed by atoms with van der Waals surface area (Å²) in [6.45, 7) is 2.76. The fourth-order valence-electron chi connectivity index (χ4n) is 11.2. The smallest absolute Gasteiger partial charge is 0.220 e. The van der Waals surface area contributed by atoms with Crippen molar-refractivity contribution in [1.29, 1.82) is 0 Å². The van der Waals surface area contributed by atoms with Gasteiger partial charge in [0.2, 0.25) is 5.91 Å². The minimum atomic E-state index is -1.79. The molecule has 2 saturated heterocycles. The Morgan fingerprint density at radius 3 is 1.20 bits per heavy atom. The molecule has 508 valence electrons. The van der Waals surface area contributed by atoms with Crippen molar-refractivity contribution in [3.8, 4) is 0 Å². The van der Waals surface area contributed by atoms with Gasteiger partial charge in [-0.2, -0.15) is 0 Å². The second-order valence-corrected chi connectivity index (χ2v) is 24.6. The van der Waals surface area contributed by atoms with Crippen LogP contribution in [0.4, 0.5) is 0 Å². The van der Waals surface area contributed by atoms with Gasteiger partial charge in [0.05, 0.1) is 32.0 Å². The van der Waals surface area contributed by atoms with Gasteiger partial charge >= 0.3 is 0 Å². The molecule has 88 heavy (non-hydrogen) atoms. The quantitative estimate of drug-likeness (QED) is 0.0204. The number of allylic oxidation sites excluding steroid dienone is 16. The highest BCUT2D eigenvalue weighted by molar-refractivity contribution is 5.76. The number of aliphatic hydroxyl groups is 8. The van der Waals surface area contributed by atoms with E-state index in [1.54, 1.807) is 0 Å². The molecule has 14 nitrogen and oxygen atoms in total. The second kappa shape index (κ2) is 57.8. The number of unbranched alkanes of at least 4 members (excludes halogenated alkanes) is 28. The summed E-state index contributed by atoms with van der Waals surface area (Å²) in [6, 6.07) is -0.838. The number of ether oxygens (including phenoxy) is 4. The van der Waals surface area contributed by atoms with Crippen molar-refractivity contribution >= 4 is 5.91 Å². The van der Waals surface area contributed by atoms with E-state index in [1.807, 2.05) is 0 Å². The molecule has 0 aromatic rings. The Hall–Kier alpha value is -3.09. The van der Waals surface area contributed by atoms with E-state index in [0.717, 1.165) is 103 Å². The van der Waals surface area contributed by atoms with Crippen LogP contribution in [0.1, 0.15) is 271 Å². The van der Waals surface area contributed by atoms with Gasteiger partial charge in [-0.15, -0.1) is 0 Å². The maximum atomic E-state index is 13.4. The van der Waals surface area contributed by atoms with Crippen LogP contribution < -0.4 is 5.32 Å². The molecule has 0 aromatic heterocycles. The van der Waals surface area contributed by atoms with Gasteiger partial charge < -0.3 is 65.1 Å². The Morgan fingerprint density at radius 2 is 0.784 bits per heavy atom. The first-order chi connectivity index (χ1) is 43.1. The molecule has 2 heterocycles. The maximum absolute atomic E-state index is 13.4. The van der Waals surface area contributed by atoms with Crippen molar-refractivity contribution in [2.75, 3.05) is 19.8 Å². The number of carbonyl (C=O) groups excluding carboxylic acids is 1. The van der Waals surface area contributed by atoms with Crippen LogP contribution >= 0.6 is 0 Å². The Labute approximate surface area is 534 Å². The van der Waals surface area contributed by atoms with E-state index in [-0.39, 0.29) is 12.5 Å². The maximum Gasteiger partial charge on any atom is 0.220 e. The topological polar surface area (TPSA) is 228 Å². The van der Waals surface area contributed by atoms with Crippen LogP contribution in [-0.4, -0.2) is 140 Å². The first kappa shape index (κ1) is 81.0. The molecule has 2 aliphatic rings. The monoisotopic (exact) mass is 1240 g/mol. The summed E-state index contributed by atoms with van der Waals surface area (Å²) in [7, 11) is 0. The molecule has 12 atom stereocenters. The number of hydrogen-bond acceptors (Lipinski definition) is 13.